The summed E-state index contributed by atoms with van der Waals surface area (Å²) in [5, 5.41) is 3.04. The van der Waals surface area contributed by atoms with E-state index in [9.17, 15) is 18.0 Å². The zero-order chi connectivity index (χ0) is 22.7. The van der Waals surface area contributed by atoms with Crippen molar-refractivity contribution in [2.75, 3.05) is 19.6 Å². The topological polar surface area (TPSA) is 88.5 Å². The molecule has 0 saturated carbocycles. The van der Waals surface area contributed by atoms with Crippen molar-refractivity contribution in [1.82, 2.24) is 14.2 Å². The smallest absolute Gasteiger partial charge is 0.308 e. The van der Waals surface area contributed by atoms with Crippen LogP contribution in [0, 0.1) is 5.92 Å². The Labute approximate surface area is 193 Å². The number of piperidine rings is 1. The zero-order valence-electron chi connectivity index (χ0n) is 18.5. The van der Waals surface area contributed by atoms with Gasteiger partial charge in [-0.15, -0.1) is 0 Å². The standard InChI is InChI=1S/C23H31N3O4S2/c1-2-26-20-9-8-19(16-21(20)31-23(26)28)32(29,30)25-14-11-18(12-15-25)22(27)24-13-10-17-6-4-3-5-7-17/h6,8-9,16,18H,2-5,7,10-15H2,1H3,(H,24,27). The van der Waals surface area contributed by atoms with Crippen LogP contribution in [0.1, 0.15) is 51.9 Å². The third-order valence-corrected chi connectivity index (χ3v) is 9.39. The summed E-state index contributed by atoms with van der Waals surface area (Å²) in [6.45, 7) is 3.76. The fourth-order valence-electron chi connectivity index (χ4n) is 4.64. The number of aromatic nitrogens is 1. The molecular weight excluding hydrogens is 446 g/mol. The lowest BCUT2D eigenvalue weighted by Crippen LogP contribution is -2.43. The van der Waals surface area contributed by atoms with Crippen molar-refractivity contribution in [3.8, 4) is 0 Å². The summed E-state index contributed by atoms with van der Waals surface area (Å²) in [5.41, 5.74) is 2.20. The number of amides is 1. The molecule has 1 amide bonds. The van der Waals surface area contributed by atoms with Gasteiger partial charge in [0, 0.05) is 32.1 Å². The maximum Gasteiger partial charge on any atom is 0.308 e. The van der Waals surface area contributed by atoms with Crippen molar-refractivity contribution >= 4 is 37.5 Å². The molecule has 1 fully saturated rings. The van der Waals surface area contributed by atoms with Gasteiger partial charge in [-0.25, -0.2) is 8.42 Å². The molecule has 2 aliphatic rings. The normalized spacial score (nSPS) is 18.6. The molecular formula is C23H31N3O4S2. The van der Waals surface area contributed by atoms with Crippen LogP contribution in [0.4, 0.5) is 0 Å². The van der Waals surface area contributed by atoms with Crippen LogP contribution in [0.2, 0.25) is 0 Å². The van der Waals surface area contributed by atoms with Gasteiger partial charge >= 0.3 is 4.87 Å². The highest BCUT2D eigenvalue weighted by Gasteiger charge is 2.32. The molecule has 32 heavy (non-hydrogen) atoms. The lowest BCUT2D eigenvalue weighted by atomic mass is 9.96. The molecule has 7 nitrogen and oxygen atoms in total. The van der Waals surface area contributed by atoms with Crippen molar-refractivity contribution in [3.05, 3.63) is 39.5 Å². The number of rotatable bonds is 7. The second-order valence-electron chi connectivity index (χ2n) is 8.57. The van der Waals surface area contributed by atoms with Crippen molar-refractivity contribution in [3.63, 3.8) is 0 Å². The Morgan fingerprint density at radius 3 is 2.69 bits per heavy atom. The summed E-state index contributed by atoms with van der Waals surface area (Å²) in [5.74, 6) is -0.112. The van der Waals surface area contributed by atoms with Crippen LogP contribution in [0.5, 0.6) is 0 Å². The van der Waals surface area contributed by atoms with Gasteiger partial charge in [0.1, 0.15) is 0 Å². The van der Waals surface area contributed by atoms with Crippen LogP contribution in [0.25, 0.3) is 10.2 Å². The number of benzene rings is 1. The van der Waals surface area contributed by atoms with E-state index in [0.29, 0.717) is 43.7 Å². The van der Waals surface area contributed by atoms with Gasteiger partial charge in [0.25, 0.3) is 0 Å². The largest absolute Gasteiger partial charge is 0.356 e. The third-order valence-electron chi connectivity index (χ3n) is 6.55. The fraction of sp³-hybridized carbons (Fsp3) is 0.565. The van der Waals surface area contributed by atoms with Gasteiger partial charge in [-0.05, 0) is 70.1 Å². The molecule has 9 heteroatoms. The van der Waals surface area contributed by atoms with E-state index in [4.69, 9.17) is 0 Å². The lowest BCUT2D eigenvalue weighted by Gasteiger charge is -2.30. The van der Waals surface area contributed by atoms with E-state index >= 15 is 0 Å². The molecule has 1 aliphatic heterocycles. The highest BCUT2D eigenvalue weighted by Crippen LogP contribution is 2.27. The van der Waals surface area contributed by atoms with Gasteiger partial charge in [-0.1, -0.05) is 23.0 Å². The van der Waals surface area contributed by atoms with E-state index in [2.05, 4.69) is 11.4 Å². The van der Waals surface area contributed by atoms with Gasteiger partial charge < -0.3 is 5.32 Å². The lowest BCUT2D eigenvalue weighted by molar-refractivity contribution is -0.126. The summed E-state index contributed by atoms with van der Waals surface area (Å²) in [4.78, 5) is 24.8. The Kier molecular flexibility index (Phi) is 7.17. The summed E-state index contributed by atoms with van der Waals surface area (Å²) in [7, 11) is -3.65. The van der Waals surface area contributed by atoms with Gasteiger partial charge in [0.2, 0.25) is 15.9 Å². The Bertz CT molecular complexity index is 1170. The first-order valence-electron chi connectivity index (χ1n) is 11.5. The molecule has 1 aromatic carbocycles. The number of allylic oxidation sites excluding steroid dienone is 1. The number of nitrogens with zero attached hydrogens (tertiary/aromatic N) is 2. The summed E-state index contributed by atoms with van der Waals surface area (Å²) in [6.07, 6.45) is 9.04. The molecule has 2 aromatic rings. The predicted octanol–water partition coefficient (Wildman–Crippen LogP) is 3.49. The highest BCUT2D eigenvalue weighted by atomic mass is 32.2. The number of hydrogen-bond acceptors (Lipinski definition) is 5. The average Bonchev–Trinajstić information content (AvgIpc) is 3.13. The minimum Gasteiger partial charge on any atom is -0.356 e. The molecule has 1 aromatic heterocycles. The SMILES string of the molecule is CCn1c(=O)sc2cc(S(=O)(=O)N3CCC(C(=O)NCCC4=CCCCC4)CC3)ccc21. The first kappa shape index (κ1) is 23.2. The van der Waals surface area contributed by atoms with E-state index in [1.165, 1.54) is 22.7 Å². The van der Waals surface area contributed by atoms with E-state index in [1.807, 2.05) is 6.92 Å². The minimum absolute atomic E-state index is 0.0329. The Balaban J connectivity index is 1.34. The second-order valence-corrected chi connectivity index (χ2v) is 11.5. The summed E-state index contributed by atoms with van der Waals surface area (Å²) in [6, 6.07) is 4.89. The van der Waals surface area contributed by atoms with Gasteiger partial charge in [-0.3, -0.25) is 14.2 Å². The van der Waals surface area contributed by atoms with Gasteiger partial charge in [-0.2, -0.15) is 4.31 Å². The van der Waals surface area contributed by atoms with E-state index in [-0.39, 0.29) is 21.6 Å². The summed E-state index contributed by atoms with van der Waals surface area (Å²) < 4.78 is 30.1. The number of carbonyl (C=O) groups excluding carboxylic acids is 1. The molecule has 174 valence electrons. The molecule has 1 N–H and O–H groups in total. The number of fused-ring (bicyclic) bond motifs is 1. The van der Waals surface area contributed by atoms with Crippen LogP contribution in [-0.4, -0.2) is 42.8 Å². The molecule has 4 rings (SSSR count). The van der Waals surface area contributed by atoms with Gasteiger partial charge in [0.05, 0.1) is 15.1 Å². The number of hydrogen-bond donors (Lipinski definition) is 1. The Hall–Kier alpha value is -1.97. The second kappa shape index (κ2) is 9.89. The maximum absolute atomic E-state index is 13.2. The number of carbonyl (C=O) groups is 1. The van der Waals surface area contributed by atoms with Crippen LogP contribution in [0.15, 0.2) is 39.5 Å². The van der Waals surface area contributed by atoms with Crippen LogP contribution >= 0.6 is 11.3 Å². The maximum atomic E-state index is 13.2. The molecule has 2 heterocycles. The summed E-state index contributed by atoms with van der Waals surface area (Å²) >= 11 is 1.07. The van der Waals surface area contributed by atoms with E-state index < -0.39 is 10.0 Å². The minimum atomic E-state index is -3.65. The average molecular weight is 478 g/mol. The first-order chi connectivity index (χ1) is 15.4. The number of sulfonamides is 1. The molecule has 0 atom stereocenters. The number of thiazole rings is 1. The quantitative estimate of drug-likeness (QED) is 0.619. The van der Waals surface area contributed by atoms with Crippen molar-refractivity contribution in [1.29, 1.82) is 0 Å². The van der Waals surface area contributed by atoms with E-state index in [0.717, 1.165) is 36.1 Å². The van der Waals surface area contributed by atoms with Crippen molar-refractivity contribution in [2.24, 2.45) is 5.92 Å². The van der Waals surface area contributed by atoms with Gasteiger partial charge in [0.15, 0.2) is 0 Å². The predicted molar refractivity (Wildman–Crippen MR) is 127 cm³/mol. The van der Waals surface area contributed by atoms with E-state index in [1.54, 1.807) is 22.8 Å². The van der Waals surface area contributed by atoms with Crippen LogP contribution in [0.3, 0.4) is 0 Å². The Morgan fingerprint density at radius 2 is 2.00 bits per heavy atom. The van der Waals surface area contributed by atoms with Crippen LogP contribution in [-0.2, 0) is 21.4 Å². The molecule has 0 spiro atoms. The number of aryl methyl sites for hydroxylation is 1. The van der Waals surface area contributed by atoms with Crippen molar-refractivity contribution < 1.29 is 13.2 Å². The number of nitrogens with one attached hydrogen (secondary N) is 1. The Morgan fingerprint density at radius 1 is 1.22 bits per heavy atom. The zero-order valence-corrected chi connectivity index (χ0v) is 20.1. The molecule has 0 unspecified atom stereocenters. The monoisotopic (exact) mass is 477 g/mol. The fourth-order valence-corrected chi connectivity index (χ4v) is 7.20. The first-order valence-corrected chi connectivity index (χ1v) is 13.7. The van der Waals surface area contributed by atoms with Crippen LogP contribution < -0.4 is 10.2 Å². The molecule has 0 bridgehead atoms. The van der Waals surface area contributed by atoms with Crippen molar-refractivity contribution in [2.45, 2.75) is 63.3 Å². The third kappa shape index (κ3) is 4.84. The highest BCUT2D eigenvalue weighted by molar-refractivity contribution is 7.89. The molecule has 0 radical (unpaired) electrons. The molecule has 1 saturated heterocycles. The molecule has 1 aliphatic carbocycles.